The zero-order valence-electron chi connectivity index (χ0n) is 16.4. The molecule has 0 fully saturated rings. The third kappa shape index (κ3) is 4.93. The van der Waals surface area contributed by atoms with Crippen LogP contribution in [0.4, 0.5) is 34.8 Å². The Morgan fingerprint density at radius 3 is 2.47 bits per heavy atom. The van der Waals surface area contributed by atoms with Crippen molar-refractivity contribution in [3.63, 3.8) is 0 Å². The fourth-order valence-electron chi connectivity index (χ4n) is 2.95. The molecular formula is C20H16F4N4O3S. The number of hydrogen-bond donors (Lipinski definition) is 4. The zero-order valence-corrected chi connectivity index (χ0v) is 17.2. The molecular weight excluding hydrogens is 452 g/mol. The lowest BCUT2D eigenvalue weighted by Crippen LogP contribution is -2.23. The molecule has 1 heterocycles. The number of benzene rings is 2. The fourth-order valence-corrected chi connectivity index (χ4v) is 3.28. The van der Waals surface area contributed by atoms with Gasteiger partial charge in [-0.15, -0.1) is 5.14 Å². The van der Waals surface area contributed by atoms with Crippen molar-refractivity contribution in [2.75, 3.05) is 10.0 Å². The topological polar surface area (TPSA) is 123 Å². The Morgan fingerprint density at radius 2 is 1.84 bits per heavy atom. The van der Waals surface area contributed by atoms with Gasteiger partial charge < -0.3 is 15.0 Å². The van der Waals surface area contributed by atoms with Crippen LogP contribution < -0.4 is 15.2 Å². The summed E-state index contributed by atoms with van der Waals surface area (Å²) in [6, 6.07) is 5.87. The van der Waals surface area contributed by atoms with Gasteiger partial charge in [-0.2, -0.15) is 4.72 Å². The van der Waals surface area contributed by atoms with Crippen LogP contribution in [-0.2, 0) is 18.0 Å². The molecule has 0 bridgehead atoms. The number of halogens is 4. The van der Waals surface area contributed by atoms with Gasteiger partial charge in [-0.05, 0) is 47.9 Å². The predicted molar refractivity (Wildman–Crippen MR) is 111 cm³/mol. The molecule has 0 saturated carbocycles. The first-order valence-electron chi connectivity index (χ1n) is 8.92. The largest absolute Gasteiger partial charge is 0.574 e. The zero-order chi connectivity index (χ0) is 23.6. The summed E-state index contributed by atoms with van der Waals surface area (Å²) in [5.41, 5.74) is -1.81. The number of aromatic carboxylic acids is 1. The van der Waals surface area contributed by atoms with Crippen molar-refractivity contribution in [3.8, 4) is 0 Å². The summed E-state index contributed by atoms with van der Waals surface area (Å²) in [6.07, 6.45) is 0.568. The molecule has 0 aliphatic carbocycles. The van der Waals surface area contributed by atoms with Crippen molar-refractivity contribution < 1.29 is 32.0 Å². The molecule has 0 spiro atoms. The number of nitrogens with zero attached hydrogens (tertiary/aromatic N) is 1. The third-order valence-corrected chi connectivity index (χ3v) is 4.84. The van der Waals surface area contributed by atoms with Gasteiger partial charge in [-0.1, -0.05) is 6.07 Å². The Morgan fingerprint density at radius 1 is 1.12 bits per heavy atom. The molecule has 0 saturated heterocycles. The van der Waals surface area contributed by atoms with Crippen LogP contribution in [0.5, 0.6) is 0 Å². The summed E-state index contributed by atoms with van der Waals surface area (Å²) >= 11 is -2.13. The lowest BCUT2D eigenvalue weighted by Gasteiger charge is -2.15. The number of carboxylic acid groups (broad SMARTS) is 1. The maximum absolute atomic E-state index is 14.8. The Kier molecular flexibility index (Phi) is 6.87. The van der Waals surface area contributed by atoms with Gasteiger partial charge in [0.1, 0.15) is 5.82 Å². The lowest BCUT2D eigenvalue weighted by molar-refractivity contribution is 0.0697. The number of carbonyl (C=O) groups is 1. The van der Waals surface area contributed by atoms with Crippen LogP contribution in [0, 0.1) is 30.2 Å². The van der Waals surface area contributed by atoms with Crippen LogP contribution in [0.2, 0.25) is 0 Å². The molecule has 2 aromatic carbocycles. The second kappa shape index (κ2) is 9.42. The Hall–Kier alpha value is -3.35. The molecule has 7 nitrogen and oxygen atoms in total. The number of pyridine rings is 1. The van der Waals surface area contributed by atoms with Gasteiger partial charge in [0, 0.05) is 12.6 Å². The van der Waals surface area contributed by atoms with Crippen LogP contribution in [-0.4, -0.2) is 20.6 Å². The van der Waals surface area contributed by atoms with Gasteiger partial charge in [0.05, 0.1) is 16.9 Å². The number of anilines is 3. The van der Waals surface area contributed by atoms with Gasteiger partial charge in [-0.25, -0.2) is 27.3 Å². The normalized spacial score (nSPS) is 11.8. The Bertz CT molecular complexity index is 1190. The Balaban J connectivity index is 2.04. The fraction of sp³-hybridized carbons (Fsp3) is 0.100. The first-order chi connectivity index (χ1) is 15.1. The van der Waals surface area contributed by atoms with Crippen LogP contribution in [0.15, 0.2) is 36.5 Å². The van der Waals surface area contributed by atoms with E-state index in [1.165, 1.54) is 12.1 Å². The summed E-state index contributed by atoms with van der Waals surface area (Å²) in [6.45, 7) is 1.62. The number of nitrogens with one attached hydrogen (secondary N) is 2. The number of nitrogens with two attached hydrogens (primary N) is 1. The van der Waals surface area contributed by atoms with E-state index in [1.54, 1.807) is 6.92 Å². The number of aromatic nitrogens is 1. The van der Waals surface area contributed by atoms with Gasteiger partial charge >= 0.3 is 5.97 Å². The van der Waals surface area contributed by atoms with E-state index in [0.29, 0.717) is 5.56 Å². The van der Waals surface area contributed by atoms with Crippen molar-refractivity contribution in [2.24, 2.45) is 5.14 Å². The van der Waals surface area contributed by atoms with E-state index in [4.69, 9.17) is 5.14 Å². The molecule has 3 rings (SSSR count). The second-order valence-corrected chi connectivity index (χ2v) is 7.51. The summed E-state index contributed by atoms with van der Waals surface area (Å²) < 4.78 is 71.4. The first-order valence-corrected chi connectivity index (χ1v) is 10.1. The molecule has 0 aliphatic heterocycles. The molecule has 1 atom stereocenters. The second-order valence-electron chi connectivity index (χ2n) is 6.71. The number of aryl methyl sites for hydroxylation is 1. The third-order valence-electron chi connectivity index (χ3n) is 4.44. The molecule has 168 valence electrons. The monoisotopic (exact) mass is 468 g/mol. The molecule has 3 aromatic rings. The van der Waals surface area contributed by atoms with Crippen LogP contribution in [0.3, 0.4) is 0 Å². The van der Waals surface area contributed by atoms with E-state index in [9.17, 15) is 32.0 Å². The van der Waals surface area contributed by atoms with Crippen molar-refractivity contribution >= 4 is 34.7 Å². The minimum atomic E-state index is -2.13. The highest BCUT2D eigenvalue weighted by Crippen LogP contribution is 2.32. The van der Waals surface area contributed by atoms with Crippen molar-refractivity contribution in [3.05, 3.63) is 82.1 Å². The smallest absolute Gasteiger partial charge is 0.337 e. The van der Waals surface area contributed by atoms with E-state index in [2.05, 4.69) is 15.0 Å². The molecule has 12 heteroatoms. The van der Waals surface area contributed by atoms with Crippen molar-refractivity contribution in [1.29, 1.82) is 0 Å². The lowest BCUT2D eigenvalue weighted by atomic mass is 10.00. The van der Waals surface area contributed by atoms with Crippen molar-refractivity contribution in [2.45, 2.75) is 13.3 Å². The highest BCUT2D eigenvalue weighted by molar-refractivity contribution is 7.90. The van der Waals surface area contributed by atoms with Gasteiger partial charge in [0.2, 0.25) is 5.82 Å². The first kappa shape index (κ1) is 23.3. The minimum Gasteiger partial charge on any atom is -0.574 e. The van der Waals surface area contributed by atoms with Crippen LogP contribution >= 0.6 is 0 Å². The van der Waals surface area contributed by atoms with Gasteiger partial charge in [0.25, 0.3) is 0 Å². The number of hydrogen-bond acceptors (Lipinski definition) is 6. The maximum atomic E-state index is 14.8. The molecule has 5 N–H and O–H groups in total. The highest BCUT2D eigenvalue weighted by atomic mass is 32.2. The maximum Gasteiger partial charge on any atom is 0.337 e. The van der Waals surface area contributed by atoms with E-state index in [-0.39, 0.29) is 11.3 Å². The molecule has 1 aromatic heterocycles. The average molecular weight is 468 g/mol. The number of carboxylic acids is 1. The summed E-state index contributed by atoms with van der Waals surface area (Å²) in [5.74, 6) is -6.92. The summed E-state index contributed by atoms with van der Waals surface area (Å²) in [7, 11) is 0. The standard InChI is InChI=1S/C20H16F4N4O3S/c1-9-2-3-14(13(21)6-9)27-18-12(20(29)30)8-11(15(22)17(18)24)7-10-4-5-26-19(16(10)23)28-32(25)31/h2-6,8,27H,7,25H2,1H3,(H,26,28)(H,29,30). The van der Waals surface area contributed by atoms with E-state index in [0.717, 1.165) is 24.4 Å². The predicted octanol–water partition coefficient (Wildman–Crippen LogP) is 3.93. The summed E-state index contributed by atoms with van der Waals surface area (Å²) in [4.78, 5) is 15.3. The molecule has 0 amide bonds. The van der Waals surface area contributed by atoms with E-state index in [1.807, 2.05) is 0 Å². The van der Waals surface area contributed by atoms with Crippen molar-refractivity contribution in [1.82, 2.24) is 4.98 Å². The molecule has 1 unspecified atom stereocenters. The minimum absolute atomic E-state index is 0.187. The number of rotatable bonds is 7. The van der Waals surface area contributed by atoms with Gasteiger partial charge in [0.15, 0.2) is 29.0 Å². The van der Waals surface area contributed by atoms with Crippen LogP contribution in [0.25, 0.3) is 0 Å². The van der Waals surface area contributed by atoms with Gasteiger partial charge in [-0.3, -0.25) is 0 Å². The quantitative estimate of drug-likeness (QED) is 0.306. The summed E-state index contributed by atoms with van der Waals surface area (Å²) in [5, 5.41) is 16.8. The van der Waals surface area contributed by atoms with E-state index < -0.39 is 69.8 Å². The molecule has 0 aliphatic rings. The Labute approximate surface area is 182 Å². The van der Waals surface area contributed by atoms with Crippen LogP contribution in [0.1, 0.15) is 27.0 Å². The average Bonchev–Trinajstić information content (AvgIpc) is 2.71. The van der Waals surface area contributed by atoms with E-state index >= 15 is 0 Å². The SMILES string of the molecule is Cc1ccc(Nc2c(C(=O)O)cc(Cc3ccnc(N[S+](N)[O-])c3F)c(F)c2F)c(F)c1. The molecule has 0 radical (unpaired) electrons. The molecule has 32 heavy (non-hydrogen) atoms. The highest BCUT2D eigenvalue weighted by Gasteiger charge is 2.24.